The molecule has 0 fully saturated rings. The summed E-state index contributed by atoms with van der Waals surface area (Å²) in [6, 6.07) is 13.0. The second-order valence-corrected chi connectivity index (χ2v) is 8.03. The van der Waals surface area contributed by atoms with Gasteiger partial charge < -0.3 is 5.11 Å². The van der Waals surface area contributed by atoms with Crippen molar-refractivity contribution < 1.29 is 13.5 Å². The van der Waals surface area contributed by atoms with Crippen molar-refractivity contribution in [3.8, 4) is 0 Å². The maximum absolute atomic E-state index is 12.2. The number of thiophene rings is 1. The number of aliphatic hydroxyl groups excluding tert-OH is 1. The fourth-order valence-corrected chi connectivity index (χ4v) is 4.51. The van der Waals surface area contributed by atoms with Gasteiger partial charge in [-0.3, -0.25) is 0 Å². The van der Waals surface area contributed by atoms with Crippen molar-refractivity contribution in [2.24, 2.45) is 0 Å². The molecule has 0 saturated heterocycles. The van der Waals surface area contributed by atoms with Crippen molar-refractivity contribution in [3.05, 3.63) is 52.9 Å². The molecule has 1 aromatic heterocycles. The Hall–Kier alpha value is -1.21. The summed E-state index contributed by atoms with van der Waals surface area (Å²) in [6.45, 7) is 1.73. The van der Waals surface area contributed by atoms with Crippen LogP contribution in [-0.2, 0) is 23.1 Å². The zero-order valence-electron chi connectivity index (χ0n) is 11.8. The third kappa shape index (κ3) is 4.64. The first kappa shape index (κ1) is 16.2. The van der Waals surface area contributed by atoms with Gasteiger partial charge in [0, 0.05) is 10.9 Å². The van der Waals surface area contributed by atoms with Crippen LogP contribution in [0.4, 0.5) is 0 Å². The summed E-state index contributed by atoms with van der Waals surface area (Å²) < 4.78 is 27.3. The molecule has 2 N–H and O–H groups in total. The lowest BCUT2D eigenvalue weighted by molar-refractivity contribution is 0.285. The molecule has 4 nitrogen and oxygen atoms in total. The van der Waals surface area contributed by atoms with Gasteiger partial charge >= 0.3 is 0 Å². The van der Waals surface area contributed by atoms with E-state index >= 15 is 0 Å². The molecule has 6 heteroatoms. The Labute approximate surface area is 129 Å². The smallest absolute Gasteiger partial charge is 0.250 e. The Kier molecular flexibility index (Phi) is 5.52. The standard InChI is InChI=1S/C15H19NO3S2/c1-12(7-8-13-5-3-2-4-6-13)16-21(18,19)15-10-9-14(11-17)20-15/h2-6,9-10,12,16-17H,7-8,11H2,1H3. The van der Waals surface area contributed by atoms with E-state index in [9.17, 15) is 8.42 Å². The Bertz CT molecular complexity index is 665. The molecular weight excluding hydrogens is 306 g/mol. The van der Waals surface area contributed by atoms with E-state index in [-0.39, 0.29) is 16.9 Å². The van der Waals surface area contributed by atoms with Crippen molar-refractivity contribution in [3.63, 3.8) is 0 Å². The maximum Gasteiger partial charge on any atom is 0.250 e. The highest BCUT2D eigenvalue weighted by Crippen LogP contribution is 2.21. The Morgan fingerprint density at radius 3 is 2.52 bits per heavy atom. The van der Waals surface area contributed by atoms with Gasteiger partial charge in [0.25, 0.3) is 0 Å². The first-order chi connectivity index (χ1) is 10.0. The number of aliphatic hydroxyl groups is 1. The van der Waals surface area contributed by atoms with E-state index in [1.165, 1.54) is 11.6 Å². The van der Waals surface area contributed by atoms with Gasteiger partial charge in [-0.2, -0.15) is 0 Å². The number of hydrogen-bond acceptors (Lipinski definition) is 4. The molecule has 0 aliphatic heterocycles. The van der Waals surface area contributed by atoms with E-state index in [1.54, 1.807) is 6.07 Å². The third-order valence-corrected chi connectivity index (χ3v) is 6.27. The number of hydrogen-bond donors (Lipinski definition) is 2. The minimum Gasteiger partial charge on any atom is -0.391 e. The molecular formula is C15H19NO3S2. The van der Waals surface area contributed by atoms with Crippen LogP contribution in [0, 0.1) is 0 Å². The number of rotatable bonds is 7. The summed E-state index contributed by atoms with van der Waals surface area (Å²) in [5.41, 5.74) is 1.20. The lowest BCUT2D eigenvalue weighted by atomic mass is 10.1. The van der Waals surface area contributed by atoms with Gasteiger partial charge in [0.05, 0.1) is 6.61 Å². The maximum atomic E-state index is 12.2. The van der Waals surface area contributed by atoms with Gasteiger partial charge in [-0.1, -0.05) is 30.3 Å². The second kappa shape index (κ2) is 7.17. The van der Waals surface area contributed by atoms with Crippen LogP contribution in [0.3, 0.4) is 0 Å². The Balaban J connectivity index is 1.93. The van der Waals surface area contributed by atoms with Gasteiger partial charge in [-0.15, -0.1) is 11.3 Å². The SMILES string of the molecule is CC(CCc1ccccc1)NS(=O)(=O)c1ccc(CO)s1. The third-order valence-electron chi connectivity index (χ3n) is 3.12. The zero-order chi connectivity index (χ0) is 15.3. The molecule has 0 radical (unpaired) electrons. The minimum absolute atomic E-state index is 0.135. The molecule has 2 rings (SSSR count). The number of sulfonamides is 1. The number of benzene rings is 1. The van der Waals surface area contributed by atoms with Crippen molar-refractivity contribution in [2.75, 3.05) is 0 Å². The zero-order valence-corrected chi connectivity index (χ0v) is 13.5. The highest BCUT2D eigenvalue weighted by molar-refractivity contribution is 7.91. The molecule has 2 aromatic rings. The number of aryl methyl sites for hydroxylation is 1. The summed E-state index contributed by atoms with van der Waals surface area (Å²) in [5, 5.41) is 9.00. The molecule has 1 heterocycles. The lowest BCUT2D eigenvalue weighted by Crippen LogP contribution is -2.32. The van der Waals surface area contributed by atoms with E-state index < -0.39 is 10.0 Å². The van der Waals surface area contributed by atoms with Crippen LogP contribution in [0.1, 0.15) is 23.8 Å². The molecule has 21 heavy (non-hydrogen) atoms. The van der Waals surface area contributed by atoms with E-state index in [1.807, 2.05) is 37.3 Å². The van der Waals surface area contributed by atoms with Gasteiger partial charge in [-0.05, 0) is 37.5 Å². The quantitative estimate of drug-likeness (QED) is 0.822. The first-order valence-electron chi connectivity index (χ1n) is 6.77. The van der Waals surface area contributed by atoms with Crippen LogP contribution < -0.4 is 4.72 Å². The van der Waals surface area contributed by atoms with Crippen LogP contribution in [0.15, 0.2) is 46.7 Å². The van der Waals surface area contributed by atoms with Gasteiger partial charge in [-0.25, -0.2) is 13.1 Å². The van der Waals surface area contributed by atoms with E-state index in [4.69, 9.17) is 5.11 Å². The normalized spacial score (nSPS) is 13.2. The van der Waals surface area contributed by atoms with Crippen molar-refractivity contribution in [1.29, 1.82) is 0 Å². The molecule has 0 saturated carbocycles. The van der Waals surface area contributed by atoms with Crippen LogP contribution in [0.25, 0.3) is 0 Å². The summed E-state index contributed by atoms with van der Waals surface area (Å²) in [5.74, 6) is 0. The van der Waals surface area contributed by atoms with Crippen LogP contribution in [-0.4, -0.2) is 19.6 Å². The van der Waals surface area contributed by atoms with Crippen molar-refractivity contribution in [2.45, 2.75) is 36.6 Å². The lowest BCUT2D eigenvalue weighted by Gasteiger charge is -2.13. The molecule has 0 amide bonds. The monoisotopic (exact) mass is 325 g/mol. The van der Waals surface area contributed by atoms with E-state index in [2.05, 4.69) is 4.72 Å². The summed E-state index contributed by atoms with van der Waals surface area (Å²) >= 11 is 1.10. The fraction of sp³-hybridized carbons (Fsp3) is 0.333. The molecule has 1 unspecified atom stereocenters. The average Bonchev–Trinajstić information content (AvgIpc) is 2.96. The first-order valence-corrected chi connectivity index (χ1v) is 9.07. The van der Waals surface area contributed by atoms with Gasteiger partial charge in [0.15, 0.2) is 0 Å². The highest BCUT2D eigenvalue weighted by atomic mass is 32.2. The summed E-state index contributed by atoms with van der Waals surface area (Å²) in [4.78, 5) is 0.646. The largest absolute Gasteiger partial charge is 0.391 e. The van der Waals surface area contributed by atoms with Crippen LogP contribution in [0.2, 0.25) is 0 Å². The van der Waals surface area contributed by atoms with E-state index in [0.717, 1.165) is 24.2 Å². The summed E-state index contributed by atoms with van der Waals surface area (Å²) in [6.07, 6.45) is 1.57. The average molecular weight is 325 g/mol. The Morgan fingerprint density at radius 1 is 1.19 bits per heavy atom. The molecule has 0 aliphatic rings. The molecule has 1 aromatic carbocycles. The molecule has 0 bridgehead atoms. The fourth-order valence-electron chi connectivity index (χ4n) is 2.00. The van der Waals surface area contributed by atoms with Crippen molar-refractivity contribution in [1.82, 2.24) is 4.72 Å². The van der Waals surface area contributed by atoms with Gasteiger partial charge in [0.2, 0.25) is 10.0 Å². The number of nitrogens with one attached hydrogen (secondary N) is 1. The molecule has 114 valence electrons. The summed E-state index contributed by atoms with van der Waals surface area (Å²) in [7, 11) is -3.50. The van der Waals surface area contributed by atoms with Gasteiger partial charge in [0.1, 0.15) is 4.21 Å². The molecule has 1 atom stereocenters. The molecule has 0 aliphatic carbocycles. The van der Waals surface area contributed by atoms with Crippen molar-refractivity contribution >= 4 is 21.4 Å². The van der Waals surface area contributed by atoms with E-state index in [0.29, 0.717) is 4.88 Å². The predicted octanol–water partition coefficient (Wildman–Crippen LogP) is 2.54. The van der Waals surface area contributed by atoms with Crippen LogP contribution >= 0.6 is 11.3 Å². The Morgan fingerprint density at radius 2 is 1.90 bits per heavy atom. The predicted molar refractivity (Wildman–Crippen MR) is 84.8 cm³/mol. The minimum atomic E-state index is -3.50. The second-order valence-electron chi connectivity index (χ2n) is 4.93. The highest BCUT2D eigenvalue weighted by Gasteiger charge is 2.19. The topological polar surface area (TPSA) is 66.4 Å². The van der Waals surface area contributed by atoms with Crippen LogP contribution in [0.5, 0.6) is 0 Å². The molecule has 0 spiro atoms.